The summed E-state index contributed by atoms with van der Waals surface area (Å²) in [6.07, 6.45) is -22.5. The van der Waals surface area contributed by atoms with Crippen LogP contribution in [0.1, 0.15) is 53.4 Å². The predicted molar refractivity (Wildman–Crippen MR) is 225 cm³/mol. The summed E-state index contributed by atoms with van der Waals surface area (Å²) in [6.45, 7) is 6.56. The highest BCUT2D eigenvalue weighted by Crippen LogP contribution is 2.40. The minimum Gasteiger partial charge on any atom is -0.469 e. The molecule has 0 aliphatic carbocycles. The molecule has 18 nitrogen and oxygen atoms in total. The number of methoxy groups -OCH3 is 1. The van der Waals surface area contributed by atoms with E-state index < -0.39 is 124 Å². The van der Waals surface area contributed by atoms with Gasteiger partial charge in [-0.2, -0.15) is 0 Å². The molecule has 0 radical (unpaired) electrons. The van der Waals surface area contributed by atoms with Crippen molar-refractivity contribution in [3.8, 4) is 0 Å². The predicted octanol–water partition coefficient (Wildman–Crippen LogP) is -0.414. The zero-order valence-electron chi connectivity index (χ0n) is 36.1. The van der Waals surface area contributed by atoms with Crippen LogP contribution in [-0.4, -0.2) is 181 Å². The molecular weight excluding hydrogens is 868 g/mol. The van der Waals surface area contributed by atoms with Crippen LogP contribution >= 0.6 is 11.6 Å². The number of aliphatic hydroxyl groups is 7. The Labute approximate surface area is 372 Å². The first-order chi connectivity index (χ1) is 30.0. The Morgan fingerprint density at radius 1 is 0.683 bits per heavy atom. The molecule has 0 amide bonds. The van der Waals surface area contributed by atoms with Crippen LogP contribution in [-0.2, 0) is 51.9 Å². The number of benzene rings is 2. The van der Waals surface area contributed by atoms with E-state index in [9.17, 15) is 45.3 Å². The van der Waals surface area contributed by atoms with E-state index >= 15 is 0 Å². The lowest BCUT2D eigenvalue weighted by molar-refractivity contribution is -0.385. The fourth-order valence-corrected chi connectivity index (χ4v) is 12.8. The van der Waals surface area contributed by atoms with Crippen LogP contribution in [0.3, 0.4) is 0 Å². The van der Waals surface area contributed by atoms with E-state index in [0.717, 1.165) is 10.4 Å². The van der Waals surface area contributed by atoms with Crippen LogP contribution in [0.15, 0.2) is 60.7 Å². The molecule has 2 aromatic carbocycles. The second-order valence-corrected chi connectivity index (χ2v) is 21.5. The van der Waals surface area contributed by atoms with Gasteiger partial charge in [0.05, 0.1) is 26.4 Å². The first-order valence-electron chi connectivity index (χ1n) is 21.1. The minimum atomic E-state index is -3.36. The summed E-state index contributed by atoms with van der Waals surface area (Å²) in [5.74, 6) is -1.95. The first kappa shape index (κ1) is 51.3. The van der Waals surface area contributed by atoms with Gasteiger partial charge in [-0.15, -0.1) is 11.6 Å². The average molecular weight is 931 g/mol. The Bertz CT molecular complexity index is 1670. The van der Waals surface area contributed by atoms with Crippen molar-refractivity contribution in [2.45, 2.75) is 151 Å². The molecule has 0 unspecified atom stereocenters. The number of esters is 2. The molecule has 354 valence electrons. The maximum Gasteiger partial charge on any atom is 0.321 e. The number of unbranched alkanes of at least 4 members (excludes halogenated alkanes) is 2. The lowest BCUT2D eigenvalue weighted by Gasteiger charge is -2.50. The van der Waals surface area contributed by atoms with Crippen LogP contribution < -0.4 is 10.4 Å². The van der Waals surface area contributed by atoms with E-state index in [-0.39, 0.29) is 25.6 Å². The van der Waals surface area contributed by atoms with E-state index in [1.54, 1.807) is 0 Å². The standard InChI is InChI=1S/C43H63ClO18Si/c1-24-31(48)33(50)35(52)40(57-24)62-38-37(61-41-36(53)34(51)32(49)27(22-45)58-41)28(59-42(39(38)60-30(47)21-44)55-20-14-8-13-19-29(46)54-5)23-56-63(43(2,3)4,25-15-9-6-10-16-25)26-17-11-7-12-18-26/h6-7,9-12,15-18,24,27-28,31-42,45,48-53H,8,13-14,19-23H2,1-5H3/t24-,27+,28+,31+,32-,33+,34-,35-,36+,37-,38-,39+,40-,41+,42+/m0/s1. The molecule has 0 aromatic heterocycles. The highest BCUT2D eigenvalue weighted by Gasteiger charge is 2.57. The second-order valence-electron chi connectivity index (χ2n) is 16.9. The first-order valence-corrected chi connectivity index (χ1v) is 23.6. The third-order valence-corrected chi connectivity index (χ3v) is 16.8. The molecular formula is C43H63ClO18Si. The van der Waals surface area contributed by atoms with Crippen molar-refractivity contribution in [2.75, 3.05) is 32.8 Å². The molecule has 15 atom stereocenters. The van der Waals surface area contributed by atoms with E-state index in [1.807, 2.05) is 60.7 Å². The van der Waals surface area contributed by atoms with Crippen molar-refractivity contribution < 1.29 is 87.7 Å². The van der Waals surface area contributed by atoms with Crippen LogP contribution in [0.2, 0.25) is 5.04 Å². The van der Waals surface area contributed by atoms with Crippen molar-refractivity contribution in [1.29, 1.82) is 0 Å². The lowest BCUT2D eigenvalue weighted by atomic mass is 9.95. The minimum absolute atomic E-state index is 0.0124. The zero-order valence-corrected chi connectivity index (χ0v) is 37.8. The van der Waals surface area contributed by atoms with E-state index in [1.165, 1.54) is 14.0 Å². The molecule has 0 spiro atoms. The van der Waals surface area contributed by atoms with Gasteiger partial charge in [0, 0.05) is 13.0 Å². The summed E-state index contributed by atoms with van der Waals surface area (Å²) in [7, 11) is -2.06. The zero-order chi connectivity index (χ0) is 46.1. The highest BCUT2D eigenvalue weighted by molar-refractivity contribution is 6.99. The van der Waals surface area contributed by atoms with Crippen molar-refractivity contribution >= 4 is 42.2 Å². The number of carbonyl (C=O) groups is 2. The molecule has 3 fully saturated rings. The van der Waals surface area contributed by atoms with Gasteiger partial charge in [-0.1, -0.05) is 87.9 Å². The number of carbonyl (C=O) groups excluding carboxylic acids is 2. The SMILES string of the molecule is COC(=O)CCCCCO[C@@H]1O[C@H](CO[Si](c2ccccc2)(c2ccccc2)C(C)(C)C)[C@H](O[C@H]2O[C@H](CO)[C@H](O)[C@H](O)[C@H]2O)[C@H](O[C@@H]2O[C@@H](C)[C@@H](O)[C@@H](O)[C@@H]2O)[C@H]1OC(=O)CCl. The Morgan fingerprint density at radius 3 is 1.79 bits per heavy atom. The Kier molecular flexibility index (Phi) is 18.9. The third kappa shape index (κ3) is 12.0. The van der Waals surface area contributed by atoms with Gasteiger partial charge in [-0.3, -0.25) is 9.59 Å². The average Bonchev–Trinajstić information content (AvgIpc) is 3.27. The molecule has 2 aromatic rings. The van der Waals surface area contributed by atoms with Crippen molar-refractivity contribution in [2.24, 2.45) is 0 Å². The summed E-state index contributed by atoms with van der Waals surface area (Å²) < 4.78 is 55.4. The summed E-state index contributed by atoms with van der Waals surface area (Å²) in [5, 5.41) is 76.6. The van der Waals surface area contributed by atoms with Gasteiger partial charge in [0.2, 0.25) is 0 Å². The molecule has 20 heteroatoms. The van der Waals surface area contributed by atoms with Crippen LogP contribution in [0, 0.1) is 0 Å². The molecule has 3 heterocycles. The van der Waals surface area contributed by atoms with Gasteiger partial charge < -0.3 is 78.1 Å². The third-order valence-electron chi connectivity index (χ3n) is 11.6. The molecule has 5 rings (SSSR count). The molecule has 0 bridgehead atoms. The normalized spacial score (nSPS) is 34.0. The number of halogens is 1. The second kappa shape index (κ2) is 23.2. The number of aliphatic hydroxyl groups excluding tert-OH is 7. The number of ether oxygens (including phenoxy) is 8. The number of rotatable bonds is 19. The molecule has 3 saturated heterocycles. The number of hydrogen-bond donors (Lipinski definition) is 7. The maximum atomic E-state index is 13.1. The van der Waals surface area contributed by atoms with Crippen LogP contribution in [0.4, 0.5) is 0 Å². The van der Waals surface area contributed by atoms with Crippen molar-refractivity contribution in [3.63, 3.8) is 0 Å². The quantitative estimate of drug-likeness (QED) is 0.0409. The molecule has 3 aliphatic rings. The molecule has 7 N–H and O–H groups in total. The Morgan fingerprint density at radius 2 is 1.24 bits per heavy atom. The summed E-state index contributed by atoms with van der Waals surface area (Å²) in [4.78, 5) is 24.9. The van der Waals surface area contributed by atoms with Crippen LogP contribution in [0.5, 0.6) is 0 Å². The van der Waals surface area contributed by atoms with Gasteiger partial charge in [0.1, 0.15) is 66.9 Å². The smallest absolute Gasteiger partial charge is 0.321 e. The molecule has 0 saturated carbocycles. The number of hydrogen-bond acceptors (Lipinski definition) is 18. The van der Waals surface area contributed by atoms with E-state index in [0.29, 0.717) is 19.3 Å². The van der Waals surface area contributed by atoms with Crippen LogP contribution in [0.25, 0.3) is 0 Å². The molecule has 3 aliphatic heterocycles. The van der Waals surface area contributed by atoms with Gasteiger partial charge in [0.25, 0.3) is 8.32 Å². The Hall–Kier alpha value is -2.67. The van der Waals surface area contributed by atoms with E-state index in [4.69, 9.17) is 53.9 Å². The maximum absolute atomic E-state index is 13.1. The summed E-state index contributed by atoms with van der Waals surface area (Å²) in [6, 6.07) is 19.4. The molecule has 63 heavy (non-hydrogen) atoms. The highest BCUT2D eigenvalue weighted by atomic mass is 35.5. The fraction of sp³-hybridized carbons (Fsp3) is 0.674. The summed E-state index contributed by atoms with van der Waals surface area (Å²) >= 11 is 5.96. The lowest BCUT2D eigenvalue weighted by Crippen LogP contribution is -2.70. The largest absolute Gasteiger partial charge is 0.469 e. The van der Waals surface area contributed by atoms with Crippen molar-refractivity contribution in [3.05, 3.63) is 60.7 Å². The van der Waals surface area contributed by atoms with Crippen molar-refractivity contribution in [1.82, 2.24) is 0 Å². The monoisotopic (exact) mass is 930 g/mol. The number of alkyl halides is 1. The van der Waals surface area contributed by atoms with Gasteiger partial charge >= 0.3 is 11.9 Å². The van der Waals surface area contributed by atoms with Gasteiger partial charge in [-0.25, -0.2) is 0 Å². The van der Waals surface area contributed by atoms with Gasteiger partial charge in [-0.05, 0) is 35.2 Å². The Balaban J connectivity index is 1.63. The summed E-state index contributed by atoms with van der Waals surface area (Å²) in [5.41, 5.74) is 0. The fourth-order valence-electron chi connectivity index (χ4n) is 8.21. The van der Waals surface area contributed by atoms with Gasteiger partial charge in [0.15, 0.2) is 25.0 Å². The van der Waals surface area contributed by atoms with E-state index in [2.05, 4.69) is 20.8 Å². The topological polar surface area (TPSA) is 259 Å².